The number of carbonyl (C=O) groups excluding carboxylic acids is 2. The number of hydrogen-bond acceptors (Lipinski definition) is 7. The summed E-state index contributed by atoms with van der Waals surface area (Å²) in [5.74, 6) is 0.116. The Morgan fingerprint density at radius 1 is 0.977 bits per heavy atom. The van der Waals surface area contributed by atoms with Crippen LogP contribution in [-0.4, -0.2) is 61.2 Å². The Morgan fingerprint density at radius 2 is 1.70 bits per heavy atom. The lowest BCUT2D eigenvalue weighted by Crippen LogP contribution is -2.50. The molecule has 0 radical (unpaired) electrons. The summed E-state index contributed by atoms with van der Waals surface area (Å²) >= 11 is 0. The molecule has 8 nitrogen and oxygen atoms in total. The zero-order chi connectivity index (χ0) is 30.8. The second-order valence-corrected chi connectivity index (χ2v) is 12.2. The molecule has 3 aliphatic rings. The Hall–Kier alpha value is -4.79. The summed E-state index contributed by atoms with van der Waals surface area (Å²) in [6.07, 6.45) is 2.57. The third-order valence-electron chi connectivity index (χ3n) is 7.85. The van der Waals surface area contributed by atoms with E-state index in [0.29, 0.717) is 62.0 Å². The summed E-state index contributed by atoms with van der Waals surface area (Å²) in [5, 5.41) is 3.35. The number of amides is 1. The first-order chi connectivity index (χ1) is 21.1. The number of ether oxygens (including phenoxy) is 2. The molecular weight excluding hydrogens is 559 g/mol. The van der Waals surface area contributed by atoms with Gasteiger partial charge in [-0.15, -0.1) is 0 Å². The quantitative estimate of drug-likeness (QED) is 0.379. The topological polar surface area (TPSA) is 74.4 Å². The van der Waals surface area contributed by atoms with Gasteiger partial charge in [-0.05, 0) is 81.0 Å². The summed E-state index contributed by atoms with van der Waals surface area (Å²) in [6, 6.07) is 22.2. The van der Waals surface area contributed by atoms with E-state index in [9.17, 15) is 14.0 Å². The highest BCUT2D eigenvalue weighted by atomic mass is 19.1. The normalized spacial score (nSPS) is 18.3. The van der Waals surface area contributed by atoms with Crippen LogP contribution in [0.2, 0.25) is 0 Å². The number of Topliss-reactive ketones (excluding diaryl/α,β-unsaturated/α-hetero) is 1. The van der Waals surface area contributed by atoms with E-state index in [2.05, 4.69) is 10.2 Å². The third-order valence-corrected chi connectivity index (χ3v) is 7.85. The molecule has 9 heteroatoms. The van der Waals surface area contributed by atoms with E-state index in [1.165, 1.54) is 12.1 Å². The fourth-order valence-electron chi connectivity index (χ4n) is 5.64. The summed E-state index contributed by atoms with van der Waals surface area (Å²) in [5.41, 5.74) is 4.28. The highest BCUT2D eigenvalue weighted by molar-refractivity contribution is 6.04. The number of halogens is 1. The lowest BCUT2D eigenvalue weighted by atomic mass is 9.97. The van der Waals surface area contributed by atoms with Crippen LogP contribution in [0.5, 0.6) is 5.75 Å². The van der Waals surface area contributed by atoms with E-state index in [1.54, 1.807) is 17.0 Å². The summed E-state index contributed by atoms with van der Waals surface area (Å²) in [4.78, 5) is 32.2. The number of piperazine rings is 1. The van der Waals surface area contributed by atoms with E-state index in [1.807, 2.05) is 86.3 Å². The van der Waals surface area contributed by atoms with Crippen LogP contribution < -0.4 is 19.9 Å². The lowest BCUT2D eigenvalue weighted by molar-refractivity contribution is -0.120. The fraction of sp³-hybridized carbons (Fsp3) is 0.314. The maximum Gasteiger partial charge on any atom is 0.410 e. The zero-order valence-electron chi connectivity index (χ0n) is 25.3. The third kappa shape index (κ3) is 6.56. The van der Waals surface area contributed by atoms with Crippen molar-refractivity contribution in [2.75, 3.05) is 47.8 Å². The molecule has 1 fully saturated rings. The molecule has 228 valence electrons. The van der Waals surface area contributed by atoms with E-state index >= 15 is 0 Å². The van der Waals surface area contributed by atoms with Crippen LogP contribution in [0.15, 0.2) is 96.2 Å². The summed E-state index contributed by atoms with van der Waals surface area (Å²) in [7, 11) is 0. The monoisotopic (exact) mass is 596 g/mol. The Bertz CT molecular complexity index is 1590. The van der Waals surface area contributed by atoms with Crippen LogP contribution in [-0.2, 0) is 16.1 Å². The van der Waals surface area contributed by atoms with Crippen LogP contribution in [0.1, 0.15) is 26.3 Å². The largest absolute Gasteiger partial charge is 0.478 e. The minimum Gasteiger partial charge on any atom is -0.478 e. The Morgan fingerprint density at radius 3 is 2.41 bits per heavy atom. The van der Waals surface area contributed by atoms with E-state index < -0.39 is 11.7 Å². The molecule has 1 saturated heterocycles. The van der Waals surface area contributed by atoms with Crippen LogP contribution in [0.25, 0.3) is 0 Å². The molecule has 1 amide bonds. The molecule has 0 saturated carbocycles. The van der Waals surface area contributed by atoms with Crippen molar-refractivity contribution in [3.8, 4) is 5.75 Å². The van der Waals surface area contributed by atoms with Crippen LogP contribution >= 0.6 is 0 Å². The molecule has 1 unspecified atom stereocenters. The second-order valence-electron chi connectivity index (χ2n) is 12.2. The van der Waals surface area contributed by atoms with Crippen molar-refractivity contribution in [1.29, 1.82) is 0 Å². The fourth-order valence-corrected chi connectivity index (χ4v) is 5.64. The van der Waals surface area contributed by atoms with Gasteiger partial charge in [-0.25, -0.2) is 9.18 Å². The van der Waals surface area contributed by atoms with E-state index in [0.717, 1.165) is 16.9 Å². The molecule has 2 aliphatic heterocycles. The molecule has 1 atom stereocenters. The van der Waals surface area contributed by atoms with E-state index in [-0.39, 0.29) is 17.7 Å². The van der Waals surface area contributed by atoms with Gasteiger partial charge in [-0.1, -0.05) is 30.3 Å². The summed E-state index contributed by atoms with van der Waals surface area (Å²) in [6.45, 7) is 8.98. The van der Waals surface area contributed by atoms with Crippen molar-refractivity contribution >= 4 is 28.9 Å². The molecular formula is C35H37FN4O4. The minimum atomic E-state index is -0.782. The molecule has 3 aromatic carbocycles. The van der Waals surface area contributed by atoms with Gasteiger partial charge in [0.25, 0.3) is 0 Å². The molecule has 0 spiro atoms. The molecule has 3 aromatic rings. The van der Waals surface area contributed by atoms with Crippen molar-refractivity contribution in [3.05, 3.63) is 108 Å². The van der Waals surface area contributed by atoms with Gasteiger partial charge in [0, 0.05) is 56.2 Å². The standard InChI is InChI=1S/C35H37FN4O4/c1-35(2,3)44-34(42)39-19-17-38(18-20-39)26-10-12-27(13-11-26)43-32-16-15-29-28(33(32)41)23-40(22-24-7-5-4-6-8-24)31-21-25(36)9-14-30(31)37-29/h4-16,21,32,37H,17-20,22-23H2,1-3H3. The molecule has 1 aliphatic carbocycles. The zero-order valence-corrected chi connectivity index (χ0v) is 25.3. The van der Waals surface area contributed by atoms with Gasteiger partial charge in [-0.3, -0.25) is 4.79 Å². The van der Waals surface area contributed by atoms with Gasteiger partial charge in [0.05, 0.1) is 11.4 Å². The number of ketones is 1. The van der Waals surface area contributed by atoms with Crippen molar-refractivity contribution in [2.24, 2.45) is 0 Å². The maximum absolute atomic E-state index is 14.3. The Kier molecular flexibility index (Phi) is 8.03. The summed E-state index contributed by atoms with van der Waals surface area (Å²) < 4.78 is 26.0. The number of anilines is 3. The smallest absolute Gasteiger partial charge is 0.410 e. The molecule has 6 rings (SSSR count). The van der Waals surface area contributed by atoms with Crippen molar-refractivity contribution in [3.63, 3.8) is 0 Å². The van der Waals surface area contributed by atoms with Gasteiger partial charge in [0.2, 0.25) is 5.78 Å². The number of carbonyl (C=O) groups is 2. The van der Waals surface area contributed by atoms with Crippen LogP contribution in [0, 0.1) is 5.82 Å². The number of nitrogens with zero attached hydrogens (tertiary/aromatic N) is 3. The molecule has 0 aromatic heterocycles. The van der Waals surface area contributed by atoms with Crippen molar-refractivity contribution in [2.45, 2.75) is 39.0 Å². The predicted octanol–water partition coefficient (Wildman–Crippen LogP) is 6.16. The first kappa shape index (κ1) is 29.3. The first-order valence-electron chi connectivity index (χ1n) is 14.9. The van der Waals surface area contributed by atoms with Gasteiger partial charge < -0.3 is 29.5 Å². The number of hydrogen-bond donors (Lipinski definition) is 1. The highest BCUT2D eigenvalue weighted by Crippen LogP contribution is 2.36. The Labute approximate surface area is 257 Å². The van der Waals surface area contributed by atoms with E-state index in [4.69, 9.17) is 9.47 Å². The highest BCUT2D eigenvalue weighted by Gasteiger charge is 2.32. The first-order valence-corrected chi connectivity index (χ1v) is 14.9. The van der Waals surface area contributed by atoms with Crippen LogP contribution in [0.3, 0.4) is 0 Å². The van der Waals surface area contributed by atoms with Crippen molar-refractivity contribution in [1.82, 2.24) is 4.90 Å². The molecule has 0 bridgehead atoms. The number of allylic oxidation sites excluding steroid dienone is 1. The minimum absolute atomic E-state index is 0.135. The Balaban J connectivity index is 1.12. The number of nitrogens with one attached hydrogen (secondary N) is 1. The number of benzene rings is 3. The number of fused-ring (bicyclic) bond motifs is 1. The number of rotatable bonds is 5. The molecule has 44 heavy (non-hydrogen) atoms. The predicted molar refractivity (Wildman–Crippen MR) is 170 cm³/mol. The average Bonchev–Trinajstić information content (AvgIpc) is 3.15. The van der Waals surface area contributed by atoms with Gasteiger partial charge >= 0.3 is 6.09 Å². The van der Waals surface area contributed by atoms with Crippen LogP contribution in [0.4, 0.5) is 26.2 Å². The van der Waals surface area contributed by atoms with Gasteiger partial charge in [-0.2, -0.15) is 0 Å². The maximum atomic E-state index is 14.3. The van der Waals surface area contributed by atoms with Gasteiger partial charge in [0.1, 0.15) is 17.2 Å². The SMILES string of the molecule is CC(C)(C)OC(=O)N1CCN(c2ccc(OC3C=CC4=C(CN(Cc5ccccc5)c5cc(F)ccc5N4)C3=O)cc2)CC1. The lowest BCUT2D eigenvalue weighted by Gasteiger charge is -2.36. The van der Waals surface area contributed by atoms with Crippen molar-refractivity contribution < 1.29 is 23.5 Å². The van der Waals surface area contributed by atoms with Gasteiger partial charge in [0.15, 0.2) is 6.10 Å². The average molecular weight is 597 g/mol. The second kappa shape index (κ2) is 12.1. The molecule has 1 N–H and O–H groups in total. The molecule has 2 heterocycles.